The van der Waals surface area contributed by atoms with E-state index in [0.717, 1.165) is 5.56 Å². The van der Waals surface area contributed by atoms with Gasteiger partial charge in [0.25, 0.3) is 0 Å². The lowest BCUT2D eigenvalue weighted by Crippen LogP contribution is -1.95. The van der Waals surface area contributed by atoms with Crippen molar-refractivity contribution in [3.63, 3.8) is 0 Å². The number of carbonyl (C=O) groups is 1. The highest BCUT2D eigenvalue weighted by Gasteiger charge is 2.08. The van der Waals surface area contributed by atoms with E-state index in [2.05, 4.69) is 22.0 Å². The summed E-state index contributed by atoms with van der Waals surface area (Å²) in [7, 11) is 0. The Kier molecular flexibility index (Phi) is 3.08. The maximum atomic E-state index is 10.7. The summed E-state index contributed by atoms with van der Waals surface area (Å²) in [5, 5.41) is 23.4. The minimum atomic E-state index is -1.05. The smallest absolute Gasteiger partial charge is 0.353 e. The molecule has 18 heavy (non-hydrogen) atoms. The largest absolute Gasteiger partial charge is 0.477 e. The number of carboxylic acids is 1. The number of aromatic amines is 1. The molecule has 0 aliphatic carbocycles. The van der Waals surface area contributed by atoms with E-state index in [0.29, 0.717) is 11.3 Å². The van der Waals surface area contributed by atoms with E-state index in [4.69, 9.17) is 10.4 Å². The summed E-state index contributed by atoms with van der Waals surface area (Å²) in [5.41, 5.74) is 2.08. The Labute approximate surface area is 103 Å². The van der Waals surface area contributed by atoms with Crippen molar-refractivity contribution in [1.82, 2.24) is 10.2 Å². The molecule has 1 aromatic carbocycles. The molecule has 1 aromatic heterocycles. The highest BCUT2D eigenvalue weighted by molar-refractivity contribution is 5.86. The van der Waals surface area contributed by atoms with Crippen molar-refractivity contribution >= 4 is 5.97 Å². The Morgan fingerprint density at radius 2 is 2.06 bits per heavy atom. The lowest BCUT2D eigenvalue weighted by atomic mass is 10.1. The third kappa shape index (κ3) is 2.37. The van der Waals surface area contributed by atoms with Crippen LogP contribution in [0.25, 0.3) is 11.3 Å². The zero-order chi connectivity index (χ0) is 13.0. The third-order valence-corrected chi connectivity index (χ3v) is 2.25. The molecule has 0 aliphatic rings. The Bertz CT molecular complexity index is 682. The van der Waals surface area contributed by atoms with Gasteiger partial charge in [0, 0.05) is 17.0 Å². The van der Waals surface area contributed by atoms with Crippen LogP contribution in [0.15, 0.2) is 30.3 Å². The number of H-pyrrole nitrogens is 1. The Morgan fingerprint density at radius 3 is 2.61 bits per heavy atom. The van der Waals surface area contributed by atoms with Crippen LogP contribution in [-0.4, -0.2) is 21.3 Å². The fraction of sp³-hybridized carbons (Fsp3) is 0. The second-order valence-electron chi connectivity index (χ2n) is 3.41. The molecule has 0 radical (unpaired) electrons. The standard InChI is InChI=1S/C13H7N3O2/c14-7-1-2-9-3-5-10(6-4-9)11-8-12(13(17)18)16-15-11/h3-6,8H,(H,15,16)(H,17,18). The molecule has 0 saturated carbocycles. The van der Waals surface area contributed by atoms with Crippen LogP contribution in [0, 0.1) is 23.2 Å². The minimum Gasteiger partial charge on any atom is -0.477 e. The predicted octanol–water partition coefficient (Wildman–Crippen LogP) is 1.65. The van der Waals surface area contributed by atoms with Crippen LogP contribution in [0.3, 0.4) is 0 Å². The predicted molar refractivity (Wildman–Crippen MR) is 63.5 cm³/mol. The van der Waals surface area contributed by atoms with Crippen molar-refractivity contribution in [2.24, 2.45) is 0 Å². The van der Waals surface area contributed by atoms with Gasteiger partial charge in [-0.2, -0.15) is 10.4 Å². The lowest BCUT2D eigenvalue weighted by molar-refractivity contribution is 0.0690. The van der Waals surface area contributed by atoms with E-state index in [1.54, 1.807) is 30.3 Å². The van der Waals surface area contributed by atoms with E-state index < -0.39 is 5.97 Å². The maximum Gasteiger partial charge on any atom is 0.353 e. The van der Waals surface area contributed by atoms with Gasteiger partial charge in [0.2, 0.25) is 0 Å². The van der Waals surface area contributed by atoms with Gasteiger partial charge >= 0.3 is 5.97 Å². The first-order chi connectivity index (χ1) is 8.70. The average molecular weight is 237 g/mol. The molecule has 0 saturated heterocycles. The van der Waals surface area contributed by atoms with Crippen molar-refractivity contribution in [3.05, 3.63) is 41.6 Å². The molecule has 2 aromatic rings. The fourth-order valence-corrected chi connectivity index (χ4v) is 1.40. The van der Waals surface area contributed by atoms with Crippen LogP contribution < -0.4 is 0 Å². The number of hydrogen-bond donors (Lipinski definition) is 2. The number of carboxylic acid groups (broad SMARTS) is 1. The van der Waals surface area contributed by atoms with Gasteiger partial charge in [-0.05, 0) is 18.2 Å². The van der Waals surface area contributed by atoms with Gasteiger partial charge in [-0.1, -0.05) is 18.1 Å². The van der Waals surface area contributed by atoms with Gasteiger partial charge in [0.1, 0.15) is 5.69 Å². The molecule has 2 N–H and O–H groups in total. The van der Waals surface area contributed by atoms with Crippen molar-refractivity contribution in [3.8, 4) is 29.2 Å². The topological polar surface area (TPSA) is 89.8 Å². The molecule has 0 fully saturated rings. The summed E-state index contributed by atoms with van der Waals surface area (Å²) in [6.45, 7) is 0. The summed E-state index contributed by atoms with van der Waals surface area (Å²) < 4.78 is 0. The Hall–Kier alpha value is -3.05. The number of hydrogen-bond acceptors (Lipinski definition) is 3. The number of rotatable bonds is 2. The van der Waals surface area contributed by atoms with Crippen LogP contribution in [0.2, 0.25) is 0 Å². The molecule has 0 spiro atoms. The number of nitrogens with one attached hydrogen (secondary N) is 1. The zero-order valence-corrected chi connectivity index (χ0v) is 9.14. The monoisotopic (exact) mass is 237 g/mol. The number of benzene rings is 1. The molecule has 0 unspecified atom stereocenters. The molecule has 2 rings (SSSR count). The van der Waals surface area contributed by atoms with Gasteiger partial charge in [0.15, 0.2) is 6.07 Å². The van der Waals surface area contributed by atoms with Crippen LogP contribution in [0.4, 0.5) is 0 Å². The third-order valence-electron chi connectivity index (χ3n) is 2.25. The lowest BCUT2D eigenvalue weighted by Gasteiger charge is -1.95. The molecular formula is C13H7N3O2. The van der Waals surface area contributed by atoms with E-state index in [1.807, 2.05) is 0 Å². The van der Waals surface area contributed by atoms with Gasteiger partial charge in [-0.3, -0.25) is 5.10 Å². The quantitative estimate of drug-likeness (QED) is 0.777. The molecule has 5 heteroatoms. The van der Waals surface area contributed by atoms with Gasteiger partial charge < -0.3 is 5.11 Å². The van der Waals surface area contributed by atoms with Gasteiger partial charge in [-0.15, -0.1) is 0 Å². The molecule has 0 amide bonds. The van der Waals surface area contributed by atoms with Crippen LogP contribution in [0.5, 0.6) is 0 Å². The van der Waals surface area contributed by atoms with Gasteiger partial charge in [-0.25, -0.2) is 4.79 Å². The van der Waals surface area contributed by atoms with Gasteiger partial charge in [0.05, 0.1) is 5.69 Å². The highest BCUT2D eigenvalue weighted by Crippen LogP contribution is 2.18. The van der Waals surface area contributed by atoms with E-state index in [9.17, 15) is 4.79 Å². The van der Waals surface area contributed by atoms with Crippen LogP contribution in [-0.2, 0) is 0 Å². The minimum absolute atomic E-state index is 0.0401. The first-order valence-electron chi connectivity index (χ1n) is 5.00. The number of aromatic nitrogens is 2. The van der Waals surface area contributed by atoms with E-state index >= 15 is 0 Å². The van der Waals surface area contributed by atoms with E-state index in [-0.39, 0.29) is 5.69 Å². The average Bonchev–Trinajstić information content (AvgIpc) is 2.87. The summed E-state index contributed by atoms with van der Waals surface area (Å²) in [6.07, 6.45) is 0. The fourth-order valence-electron chi connectivity index (χ4n) is 1.40. The number of nitriles is 1. The molecule has 1 heterocycles. The zero-order valence-electron chi connectivity index (χ0n) is 9.14. The highest BCUT2D eigenvalue weighted by atomic mass is 16.4. The molecule has 5 nitrogen and oxygen atoms in total. The molecule has 86 valence electrons. The Morgan fingerprint density at radius 1 is 1.33 bits per heavy atom. The summed E-state index contributed by atoms with van der Waals surface area (Å²) in [6, 6.07) is 10.2. The Balaban J connectivity index is 2.29. The van der Waals surface area contributed by atoms with Crippen molar-refractivity contribution in [1.29, 1.82) is 5.26 Å². The van der Waals surface area contributed by atoms with Crippen LogP contribution in [0.1, 0.15) is 16.1 Å². The van der Waals surface area contributed by atoms with Crippen molar-refractivity contribution < 1.29 is 9.90 Å². The number of nitrogens with zero attached hydrogens (tertiary/aromatic N) is 2. The molecule has 0 aliphatic heterocycles. The maximum absolute atomic E-state index is 10.7. The summed E-state index contributed by atoms with van der Waals surface area (Å²) in [4.78, 5) is 10.7. The molecule has 0 atom stereocenters. The number of aromatic carboxylic acids is 1. The SMILES string of the molecule is N#CC#Cc1ccc(-c2cc(C(=O)O)[nH]n2)cc1. The van der Waals surface area contributed by atoms with E-state index in [1.165, 1.54) is 6.07 Å². The van der Waals surface area contributed by atoms with Crippen molar-refractivity contribution in [2.75, 3.05) is 0 Å². The van der Waals surface area contributed by atoms with Crippen LogP contribution >= 0.6 is 0 Å². The summed E-state index contributed by atoms with van der Waals surface area (Å²) >= 11 is 0. The first-order valence-corrected chi connectivity index (χ1v) is 5.00. The molecule has 0 bridgehead atoms. The second kappa shape index (κ2) is 4.86. The first kappa shape index (κ1) is 11.4. The normalized spacial score (nSPS) is 9.06. The summed E-state index contributed by atoms with van der Waals surface area (Å²) in [5.74, 6) is 3.91. The van der Waals surface area contributed by atoms with Crippen molar-refractivity contribution in [2.45, 2.75) is 0 Å². The second-order valence-corrected chi connectivity index (χ2v) is 3.41. The molecular weight excluding hydrogens is 230 g/mol.